The summed E-state index contributed by atoms with van der Waals surface area (Å²) < 4.78 is 28.6. The number of guanidine groups is 1. The van der Waals surface area contributed by atoms with Gasteiger partial charge in [-0.3, -0.25) is 9.98 Å². The van der Waals surface area contributed by atoms with Crippen molar-refractivity contribution in [1.29, 1.82) is 0 Å². The number of rotatable bonds is 7. The van der Waals surface area contributed by atoms with Gasteiger partial charge < -0.3 is 15.2 Å². The number of hydrogen-bond donors (Lipinski definition) is 3. The van der Waals surface area contributed by atoms with Gasteiger partial charge in [0.1, 0.15) is 4.90 Å². The van der Waals surface area contributed by atoms with Crippen molar-refractivity contribution in [2.75, 3.05) is 20.1 Å². The monoisotopic (exact) mass is 350 g/mol. The van der Waals surface area contributed by atoms with E-state index in [9.17, 15) is 8.42 Å². The van der Waals surface area contributed by atoms with E-state index in [-0.39, 0.29) is 11.4 Å². The van der Waals surface area contributed by atoms with Crippen LogP contribution in [0.3, 0.4) is 0 Å². The summed E-state index contributed by atoms with van der Waals surface area (Å²) in [5.41, 5.74) is 1.14. The van der Waals surface area contributed by atoms with Gasteiger partial charge in [-0.15, -0.1) is 0 Å². The summed E-state index contributed by atoms with van der Waals surface area (Å²) in [7, 11) is 0.0970. The van der Waals surface area contributed by atoms with Crippen molar-refractivity contribution >= 4 is 16.0 Å². The summed E-state index contributed by atoms with van der Waals surface area (Å²) in [6.45, 7) is 1.29. The Labute approximate surface area is 142 Å². The predicted octanol–water partition coefficient (Wildman–Crippen LogP) is 0.0636. The van der Waals surface area contributed by atoms with E-state index in [1.165, 1.54) is 18.5 Å². The molecular formula is C15H22N6O2S. The lowest BCUT2D eigenvalue weighted by atomic mass is 10.3. The Kier molecular flexibility index (Phi) is 6.33. The number of pyridine rings is 1. The number of nitrogens with one attached hydrogen (secondary N) is 3. The molecule has 0 aliphatic rings. The fourth-order valence-corrected chi connectivity index (χ4v) is 3.02. The van der Waals surface area contributed by atoms with Crippen molar-refractivity contribution in [3.8, 4) is 0 Å². The van der Waals surface area contributed by atoms with Gasteiger partial charge in [-0.1, -0.05) is 0 Å². The van der Waals surface area contributed by atoms with Crippen LogP contribution in [0, 0.1) is 0 Å². The van der Waals surface area contributed by atoms with Gasteiger partial charge in [0.15, 0.2) is 5.96 Å². The third kappa shape index (κ3) is 5.36. The lowest BCUT2D eigenvalue weighted by molar-refractivity contribution is 0.580. The molecule has 0 radical (unpaired) electrons. The Balaban J connectivity index is 1.74. The molecule has 0 saturated carbocycles. The molecule has 2 rings (SSSR count). The van der Waals surface area contributed by atoms with Gasteiger partial charge in [-0.25, -0.2) is 13.1 Å². The first kappa shape index (κ1) is 18.0. The Morgan fingerprint density at radius 2 is 2.12 bits per heavy atom. The van der Waals surface area contributed by atoms with Crippen LogP contribution in [0.15, 0.2) is 52.9 Å². The fourth-order valence-electron chi connectivity index (χ4n) is 2.03. The normalized spacial score (nSPS) is 12.2. The topological polar surface area (TPSA) is 100 Å². The van der Waals surface area contributed by atoms with E-state index in [0.717, 1.165) is 5.56 Å². The SMILES string of the molecule is CN=C(NCCNS(=O)(=O)c1cccnc1)NCc1ccn(C)c1. The van der Waals surface area contributed by atoms with Gasteiger partial charge in [-0.2, -0.15) is 0 Å². The van der Waals surface area contributed by atoms with E-state index in [4.69, 9.17) is 0 Å². The molecule has 0 spiro atoms. The zero-order valence-corrected chi connectivity index (χ0v) is 14.5. The summed E-state index contributed by atoms with van der Waals surface area (Å²) in [6.07, 6.45) is 6.84. The van der Waals surface area contributed by atoms with E-state index in [1.807, 2.05) is 30.1 Å². The minimum Gasteiger partial charge on any atom is -0.357 e. The van der Waals surface area contributed by atoms with Crippen LogP contribution < -0.4 is 15.4 Å². The summed E-state index contributed by atoms with van der Waals surface area (Å²) in [4.78, 5) is 8.06. The minimum atomic E-state index is -3.53. The highest BCUT2D eigenvalue weighted by molar-refractivity contribution is 7.89. The Morgan fingerprint density at radius 3 is 2.75 bits per heavy atom. The van der Waals surface area contributed by atoms with Crippen molar-refractivity contribution in [2.24, 2.45) is 12.0 Å². The van der Waals surface area contributed by atoms with Crippen LogP contribution in [-0.4, -0.2) is 44.1 Å². The number of aromatic nitrogens is 2. The Hall–Kier alpha value is -2.39. The van der Waals surface area contributed by atoms with Crippen LogP contribution in [0.1, 0.15) is 5.56 Å². The smallest absolute Gasteiger partial charge is 0.242 e. The number of sulfonamides is 1. The average molecular weight is 350 g/mol. The lowest BCUT2D eigenvalue weighted by Crippen LogP contribution is -2.41. The molecule has 0 aliphatic heterocycles. The van der Waals surface area contributed by atoms with Crippen molar-refractivity contribution in [3.63, 3.8) is 0 Å². The Morgan fingerprint density at radius 1 is 1.29 bits per heavy atom. The van der Waals surface area contributed by atoms with E-state index in [0.29, 0.717) is 19.0 Å². The first-order valence-electron chi connectivity index (χ1n) is 7.46. The van der Waals surface area contributed by atoms with E-state index < -0.39 is 10.0 Å². The molecule has 2 heterocycles. The van der Waals surface area contributed by atoms with Crippen LogP contribution in [0.25, 0.3) is 0 Å². The second-order valence-electron chi connectivity index (χ2n) is 5.12. The number of aryl methyl sites for hydroxylation is 1. The van der Waals surface area contributed by atoms with Gasteiger partial charge in [0.05, 0.1) is 0 Å². The molecule has 3 N–H and O–H groups in total. The van der Waals surface area contributed by atoms with Gasteiger partial charge in [0.25, 0.3) is 0 Å². The molecule has 24 heavy (non-hydrogen) atoms. The molecule has 0 atom stereocenters. The van der Waals surface area contributed by atoms with E-state index >= 15 is 0 Å². The van der Waals surface area contributed by atoms with E-state index in [1.54, 1.807) is 13.1 Å². The standard InChI is InChI=1S/C15H22N6O2S/c1-16-15(19-10-13-5-9-21(2)12-13)18-7-8-20-24(22,23)14-4-3-6-17-11-14/h3-6,9,11-12,20H,7-8,10H2,1-2H3,(H2,16,18,19). The maximum Gasteiger partial charge on any atom is 0.242 e. The van der Waals surface area contributed by atoms with Crippen molar-refractivity contribution < 1.29 is 8.42 Å². The molecule has 2 aromatic heterocycles. The summed E-state index contributed by atoms with van der Waals surface area (Å²) in [6, 6.07) is 5.10. The van der Waals surface area contributed by atoms with Crippen molar-refractivity contribution in [2.45, 2.75) is 11.4 Å². The van der Waals surface area contributed by atoms with Gasteiger partial charge in [-0.05, 0) is 23.8 Å². The third-order valence-electron chi connectivity index (χ3n) is 3.23. The molecule has 0 fully saturated rings. The zero-order chi connectivity index (χ0) is 17.4. The Bertz CT molecular complexity index is 770. The van der Waals surface area contributed by atoms with Gasteiger partial charge >= 0.3 is 0 Å². The highest BCUT2D eigenvalue weighted by atomic mass is 32.2. The summed E-state index contributed by atoms with van der Waals surface area (Å²) in [5.74, 6) is 0.611. The molecule has 0 unspecified atom stereocenters. The molecule has 0 saturated heterocycles. The maximum atomic E-state index is 12.0. The lowest BCUT2D eigenvalue weighted by Gasteiger charge is -2.12. The zero-order valence-electron chi connectivity index (χ0n) is 13.7. The first-order valence-corrected chi connectivity index (χ1v) is 8.94. The largest absolute Gasteiger partial charge is 0.357 e. The maximum absolute atomic E-state index is 12.0. The van der Waals surface area contributed by atoms with Crippen LogP contribution in [0.5, 0.6) is 0 Å². The second-order valence-corrected chi connectivity index (χ2v) is 6.89. The predicted molar refractivity (Wildman–Crippen MR) is 93.0 cm³/mol. The molecular weight excluding hydrogens is 328 g/mol. The summed E-state index contributed by atoms with van der Waals surface area (Å²) in [5, 5.41) is 6.23. The molecule has 130 valence electrons. The fraction of sp³-hybridized carbons (Fsp3) is 0.333. The molecule has 2 aromatic rings. The highest BCUT2D eigenvalue weighted by Crippen LogP contribution is 2.04. The van der Waals surface area contributed by atoms with Gasteiger partial charge in [0.2, 0.25) is 10.0 Å². The van der Waals surface area contributed by atoms with Crippen LogP contribution in [0.4, 0.5) is 0 Å². The van der Waals surface area contributed by atoms with Crippen LogP contribution >= 0.6 is 0 Å². The molecule has 0 amide bonds. The first-order chi connectivity index (χ1) is 11.5. The number of aliphatic imine (C=N–C) groups is 1. The number of hydrogen-bond acceptors (Lipinski definition) is 4. The van der Waals surface area contributed by atoms with Crippen molar-refractivity contribution in [3.05, 3.63) is 48.5 Å². The minimum absolute atomic E-state index is 0.150. The molecule has 0 aromatic carbocycles. The summed E-state index contributed by atoms with van der Waals surface area (Å²) >= 11 is 0. The molecule has 0 aliphatic carbocycles. The molecule has 9 heteroatoms. The molecule has 8 nitrogen and oxygen atoms in total. The van der Waals surface area contributed by atoms with E-state index in [2.05, 4.69) is 25.3 Å². The number of nitrogens with zero attached hydrogens (tertiary/aromatic N) is 3. The third-order valence-corrected chi connectivity index (χ3v) is 4.68. The molecule has 0 bridgehead atoms. The highest BCUT2D eigenvalue weighted by Gasteiger charge is 2.12. The average Bonchev–Trinajstić information content (AvgIpc) is 3.00. The van der Waals surface area contributed by atoms with Crippen LogP contribution in [-0.2, 0) is 23.6 Å². The quantitative estimate of drug-likeness (QED) is 0.373. The second kappa shape index (κ2) is 8.46. The van der Waals surface area contributed by atoms with Crippen LogP contribution in [0.2, 0.25) is 0 Å². The van der Waals surface area contributed by atoms with Crippen molar-refractivity contribution in [1.82, 2.24) is 24.9 Å². The van der Waals surface area contributed by atoms with Gasteiger partial charge in [0, 0.05) is 58.5 Å².